The van der Waals surface area contributed by atoms with E-state index in [9.17, 15) is 4.79 Å². The molecule has 0 radical (unpaired) electrons. The fraction of sp³-hybridized carbons (Fsp3) is 0.294. The third-order valence-electron chi connectivity index (χ3n) is 3.72. The van der Waals surface area contributed by atoms with Gasteiger partial charge in [0.2, 0.25) is 5.13 Å². The van der Waals surface area contributed by atoms with E-state index in [0.717, 1.165) is 23.4 Å². The highest BCUT2D eigenvalue weighted by Gasteiger charge is 2.22. The molecule has 0 aliphatic carbocycles. The van der Waals surface area contributed by atoms with Crippen molar-refractivity contribution in [3.05, 3.63) is 56.3 Å². The minimum Gasteiger partial charge on any atom is -0.296 e. The van der Waals surface area contributed by atoms with Crippen LogP contribution in [-0.2, 0) is 13.0 Å². The summed E-state index contributed by atoms with van der Waals surface area (Å²) in [6.45, 7) is 4.19. The van der Waals surface area contributed by atoms with Crippen LogP contribution in [0.25, 0.3) is 0 Å². The van der Waals surface area contributed by atoms with Gasteiger partial charge in [0.25, 0.3) is 5.91 Å². The first kappa shape index (κ1) is 18.8. The van der Waals surface area contributed by atoms with Crippen LogP contribution in [0.2, 0.25) is 10.2 Å². The van der Waals surface area contributed by atoms with Crippen molar-refractivity contribution in [3.8, 4) is 0 Å². The summed E-state index contributed by atoms with van der Waals surface area (Å²) in [6.07, 6.45) is 1.81. The Morgan fingerprint density at radius 3 is 2.77 bits per heavy atom. The van der Waals surface area contributed by atoms with Crippen LogP contribution in [0, 0.1) is 6.92 Å². The predicted octanol–water partition coefficient (Wildman–Crippen LogP) is 4.60. The van der Waals surface area contributed by atoms with Gasteiger partial charge in [0.15, 0.2) is 0 Å². The lowest BCUT2D eigenvalue weighted by Gasteiger charge is -2.06. The van der Waals surface area contributed by atoms with Gasteiger partial charge < -0.3 is 0 Å². The van der Waals surface area contributed by atoms with E-state index in [0.29, 0.717) is 28.0 Å². The van der Waals surface area contributed by atoms with Gasteiger partial charge in [-0.05, 0) is 25.0 Å². The summed E-state index contributed by atoms with van der Waals surface area (Å²) >= 11 is 14.0. The molecule has 0 atom stereocenters. The molecule has 0 aliphatic rings. The Morgan fingerprint density at radius 1 is 1.27 bits per heavy atom. The lowest BCUT2D eigenvalue weighted by Crippen LogP contribution is -2.13. The number of aromatic nitrogens is 4. The van der Waals surface area contributed by atoms with Crippen LogP contribution >= 0.6 is 34.5 Å². The van der Waals surface area contributed by atoms with Crippen LogP contribution in [0.3, 0.4) is 0 Å². The van der Waals surface area contributed by atoms with E-state index in [1.54, 1.807) is 17.7 Å². The first-order valence-electron chi connectivity index (χ1n) is 8.09. The number of rotatable bonds is 6. The second-order valence-corrected chi connectivity index (χ2v) is 7.53. The second-order valence-electron chi connectivity index (χ2n) is 5.71. The summed E-state index contributed by atoms with van der Waals surface area (Å²) in [5.41, 5.74) is 1.74. The second kappa shape index (κ2) is 8.16. The molecule has 0 saturated carbocycles. The van der Waals surface area contributed by atoms with Crippen molar-refractivity contribution in [2.75, 3.05) is 5.32 Å². The summed E-state index contributed by atoms with van der Waals surface area (Å²) in [7, 11) is 0. The molecule has 1 amide bonds. The van der Waals surface area contributed by atoms with Crippen molar-refractivity contribution in [1.29, 1.82) is 0 Å². The van der Waals surface area contributed by atoms with Gasteiger partial charge in [-0.25, -0.2) is 4.68 Å². The van der Waals surface area contributed by atoms with Gasteiger partial charge in [0, 0.05) is 11.4 Å². The zero-order valence-electron chi connectivity index (χ0n) is 14.3. The smallest absolute Gasteiger partial charge is 0.262 e. The molecule has 0 saturated heterocycles. The summed E-state index contributed by atoms with van der Waals surface area (Å²) < 4.78 is 1.57. The zero-order valence-corrected chi connectivity index (χ0v) is 16.6. The van der Waals surface area contributed by atoms with E-state index in [2.05, 4.69) is 27.5 Å². The number of carbonyl (C=O) groups is 1. The number of nitrogens with one attached hydrogen (secondary N) is 1. The molecule has 1 aromatic carbocycles. The first-order valence-corrected chi connectivity index (χ1v) is 9.66. The van der Waals surface area contributed by atoms with E-state index in [1.807, 2.05) is 18.2 Å². The molecule has 9 heteroatoms. The van der Waals surface area contributed by atoms with E-state index in [4.69, 9.17) is 23.2 Å². The molecular weight excluding hydrogens is 393 g/mol. The van der Waals surface area contributed by atoms with Gasteiger partial charge in [0.05, 0.1) is 17.8 Å². The Kier molecular flexibility index (Phi) is 5.90. The number of benzene rings is 1. The Bertz CT molecular complexity index is 937. The van der Waals surface area contributed by atoms with Gasteiger partial charge >= 0.3 is 0 Å². The third-order valence-corrected chi connectivity index (χ3v) is 5.37. The number of halogens is 2. The Morgan fingerprint density at radius 2 is 2.04 bits per heavy atom. The lowest BCUT2D eigenvalue weighted by atomic mass is 10.2. The molecule has 0 fully saturated rings. The summed E-state index contributed by atoms with van der Waals surface area (Å²) in [6, 6.07) is 7.45. The molecular formula is C17H17Cl2N5OS. The van der Waals surface area contributed by atoms with Gasteiger partial charge in [-0.1, -0.05) is 59.7 Å². The number of hydrogen-bond donors (Lipinski definition) is 1. The normalized spacial score (nSPS) is 10.9. The maximum Gasteiger partial charge on any atom is 0.262 e. The summed E-state index contributed by atoms with van der Waals surface area (Å²) in [4.78, 5) is 12.6. The SMILES string of the molecule is CCCc1nnc(NC(=O)c2c(C)nn(Cc3ccccc3Cl)c2Cl)s1. The van der Waals surface area contributed by atoms with E-state index < -0.39 is 0 Å². The molecule has 1 N–H and O–H groups in total. The molecule has 0 aliphatic heterocycles. The van der Waals surface area contributed by atoms with Crippen molar-refractivity contribution in [2.45, 2.75) is 33.2 Å². The monoisotopic (exact) mass is 409 g/mol. The lowest BCUT2D eigenvalue weighted by molar-refractivity contribution is 0.102. The van der Waals surface area contributed by atoms with Crippen LogP contribution in [0.4, 0.5) is 5.13 Å². The highest BCUT2D eigenvalue weighted by molar-refractivity contribution is 7.15. The number of hydrogen-bond acceptors (Lipinski definition) is 5. The standard InChI is InChI=1S/C17H17Cl2N5OS/c1-3-6-13-21-22-17(26-13)20-16(25)14-10(2)23-24(15(14)19)9-11-7-4-5-8-12(11)18/h4-5,7-8H,3,6,9H2,1-2H3,(H,20,22,25). The molecule has 3 aromatic rings. The number of aryl methyl sites for hydroxylation is 2. The average molecular weight is 410 g/mol. The predicted molar refractivity (Wildman–Crippen MR) is 104 cm³/mol. The molecule has 26 heavy (non-hydrogen) atoms. The van der Waals surface area contributed by atoms with E-state index in [1.165, 1.54) is 11.3 Å². The fourth-order valence-corrected chi connectivity index (χ4v) is 3.83. The maximum absolute atomic E-state index is 12.6. The van der Waals surface area contributed by atoms with Crippen molar-refractivity contribution in [2.24, 2.45) is 0 Å². The molecule has 2 aromatic heterocycles. The van der Waals surface area contributed by atoms with E-state index >= 15 is 0 Å². The summed E-state index contributed by atoms with van der Waals surface area (Å²) in [5.74, 6) is -0.350. The van der Waals surface area contributed by atoms with Crippen molar-refractivity contribution in [1.82, 2.24) is 20.0 Å². The van der Waals surface area contributed by atoms with Crippen molar-refractivity contribution < 1.29 is 4.79 Å². The van der Waals surface area contributed by atoms with Crippen LogP contribution in [0.5, 0.6) is 0 Å². The minimum absolute atomic E-state index is 0.262. The minimum atomic E-state index is -0.350. The quantitative estimate of drug-likeness (QED) is 0.645. The maximum atomic E-state index is 12.6. The number of amides is 1. The molecule has 0 unspecified atom stereocenters. The number of carbonyl (C=O) groups excluding carboxylic acids is 1. The zero-order chi connectivity index (χ0) is 18.7. The Balaban J connectivity index is 1.80. The van der Waals surface area contributed by atoms with Crippen LogP contribution in [0.1, 0.15) is 40.0 Å². The molecule has 136 valence electrons. The Hall–Kier alpha value is -1.96. The average Bonchev–Trinajstić information content (AvgIpc) is 3.14. The molecule has 0 spiro atoms. The third kappa shape index (κ3) is 4.06. The van der Waals surface area contributed by atoms with Gasteiger partial charge in [-0.15, -0.1) is 10.2 Å². The first-order chi connectivity index (χ1) is 12.5. The van der Waals surface area contributed by atoms with Gasteiger partial charge in [-0.3, -0.25) is 10.1 Å². The molecule has 2 heterocycles. The van der Waals surface area contributed by atoms with Crippen LogP contribution in [0.15, 0.2) is 24.3 Å². The molecule has 0 bridgehead atoms. The van der Waals surface area contributed by atoms with Crippen LogP contribution < -0.4 is 5.32 Å². The largest absolute Gasteiger partial charge is 0.296 e. The fourth-order valence-electron chi connectivity index (χ4n) is 2.48. The highest BCUT2D eigenvalue weighted by atomic mass is 35.5. The van der Waals surface area contributed by atoms with Crippen LogP contribution in [-0.4, -0.2) is 25.9 Å². The topological polar surface area (TPSA) is 72.7 Å². The van der Waals surface area contributed by atoms with Crippen molar-refractivity contribution >= 4 is 45.6 Å². The van der Waals surface area contributed by atoms with Gasteiger partial charge in [0.1, 0.15) is 10.2 Å². The summed E-state index contributed by atoms with van der Waals surface area (Å²) in [5, 5.41) is 17.4. The molecule has 3 rings (SSSR count). The Labute approximate surface area is 165 Å². The number of nitrogens with zero attached hydrogens (tertiary/aromatic N) is 4. The molecule has 6 nitrogen and oxygen atoms in total. The number of anilines is 1. The van der Waals surface area contributed by atoms with E-state index in [-0.39, 0.29) is 11.1 Å². The van der Waals surface area contributed by atoms with Gasteiger partial charge in [-0.2, -0.15) is 5.10 Å². The highest BCUT2D eigenvalue weighted by Crippen LogP contribution is 2.25. The van der Waals surface area contributed by atoms with Crippen molar-refractivity contribution in [3.63, 3.8) is 0 Å².